The molecule has 0 aromatic heterocycles. The summed E-state index contributed by atoms with van der Waals surface area (Å²) >= 11 is 0. The highest BCUT2D eigenvalue weighted by molar-refractivity contribution is 4.55. The van der Waals surface area contributed by atoms with E-state index in [-0.39, 0.29) is 13.0 Å². The monoisotopic (exact) mass is 167 g/mol. The summed E-state index contributed by atoms with van der Waals surface area (Å²) in [7, 11) is 0. The summed E-state index contributed by atoms with van der Waals surface area (Å²) < 4.78 is 22.9. The van der Waals surface area contributed by atoms with Gasteiger partial charge in [-0.25, -0.2) is 0 Å². The Bertz CT molecular complexity index is 90.5. The maximum atomic E-state index is 11.4. The molecule has 0 rings (SSSR count). The molecule has 0 radical (unpaired) electrons. The second-order valence-electron chi connectivity index (χ2n) is 2.61. The van der Waals surface area contributed by atoms with E-state index in [1.54, 1.807) is 0 Å². The maximum absolute atomic E-state index is 11.4. The minimum atomic E-state index is -0.894. The third kappa shape index (κ3) is 7.68. The number of hydrogen-bond donors (Lipinski definition) is 1. The highest BCUT2D eigenvalue weighted by Crippen LogP contribution is 2.05. The van der Waals surface area contributed by atoms with Crippen LogP contribution in [0.3, 0.4) is 0 Å². The number of halogens is 2. The zero-order chi connectivity index (χ0) is 8.69. The van der Waals surface area contributed by atoms with Gasteiger partial charge in [-0.2, -0.15) is 0 Å². The highest BCUT2D eigenvalue weighted by atomic mass is 19.4. The molecule has 68 valence electrons. The van der Waals surface area contributed by atoms with E-state index in [4.69, 9.17) is 5.11 Å². The van der Waals surface area contributed by atoms with Crippen LogP contribution in [0.1, 0.15) is 32.6 Å². The standard InChI is InChI=1S/C7H15F2NO/c1-2-3-4-7(11)5-6-10(8)9/h7,11H,2-6H2,1H3. The van der Waals surface area contributed by atoms with Gasteiger partial charge >= 0.3 is 0 Å². The molecule has 0 amide bonds. The second-order valence-corrected chi connectivity index (χ2v) is 2.61. The number of rotatable bonds is 6. The first-order valence-electron chi connectivity index (χ1n) is 3.94. The first-order valence-corrected chi connectivity index (χ1v) is 3.94. The van der Waals surface area contributed by atoms with Crippen molar-refractivity contribution in [1.82, 2.24) is 5.34 Å². The Morgan fingerprint density at radius 2 is 2.00 bits per heavy atom. The van der Waals surface area contributed by atoms with Crippen molar-refractivity contribution in [3.8, 4) is 0 Å². The molecule has 2 nitrogen and oxygen atoms in total. The van der Waals surface area contributed by atoms with Gasteiger partial charge in [0.05, 0.1) is 12.6 Å². The van der Waals surface area contributed by atoms with Crippen LogP contribution in [-0.2, 0) is 0 Å². The van der Waals surface area contributed by atoms with Crippen LogP contribution in [0.4, 0.5) is 8.96 Å². The van der Waals surface area contributed by atoms with Gasteiger partial charge in [0.15, 0.2) is 0 Å². The average Bonchev–Trinajstić information content (AvgIpc) is 1.97. The van der Waals surface area contributed by atoms with Gasteiger partial charge in [0.2, 0.25) is 0 Å². The number of nitrogens with zero attached hydrogens (tertiary/aromatic N) is 1. The van der Waals surface area contributed by atoms with Crippen LogP contribution in [0.25, 0.3) is 0 Å². The predicted molar refractivity (Wildman–Crippen MR) is 39.1 cm³/mol. The molecule has 0 saturated carbocycles. The molecule has 1 atom stereocenters. The number of aliphatic hydroxyl groups is 1. The molecule has 0 fully saturated rings. The largest absolute Gasteiger partial charge is 0.393 e. The lowest BCUT2D eigenvalue weighted by molar-refractivity contribution is -0.157. The van der Waals surface area contributed by atoms with E-state index in [1.807, 2.05) is 6.92 Å². The maximum Gasteiger partial charge on any atom is 0.0644 e. The van der Waals surface area contributed by atoms with Gasteiger partial charge < -0.3 is 5.11 Å². The van der Waals surface area contributed by atoms with Crippen LogP contribution in [0.15, 0.2) is 0 Å². The lowest BCUT2D eigenvalue weighted by Crippen LogP contribution is -2.14. The zero-order valence-electron chi connectivity index (χ0n) is 6.76. The molecule has 1 unspecified atom stereocenters. The third-order valence-electron chi connectivity index (χ3n) is 1.52. The Morgan fingerprint density at radius 3 is 2.45 bits per heavy atom. The summed E-state index contributed by atoms with van der Waals surface area (Å²) in [5, 5.41) is 8.18. The Balaban J connectivity index is 3.15. The number of unbranched alkanes of at least 4 members (excludes halogenated alkanes) is 1. The van der Waals surface area contributed by atoms with Crippen molar-refractivity contribution in [1.29, 1.82) is 0 Å². The van der Waals surface area contributed by atoms with Crippen LogP contribution < -0.4 is 0 Å². The van der Waals surface area contributed by atoms with Crippen LogP contribution >= 0.6 is 0 Å². The minimum absolute atomic E-state index is 0.160. The Hall–Kier alpha value is -0.220. The van der Waals surface area contributed by atoms with Gasteiger partial charge in [0.25, 0.3) is 0 Å². The molecule has 0 aromatic carbocycles. The van der Waals surface area contributed by atoms with Crippen molar-refractivity contribution in [3.63, 3.8) is 0 Å². The van der Waals surface area contributed by atoms with E-state index in [0.717, 1.165) is 12.8 Å². The SMILES string of the molecule is CCCCC(O)CCN(F)F. The molecular formula is C7H15F2NO. The topological polar surface area (TPSA) is 23.5 Å². The van der Waals surface area contributed by atoms with Gasteiger partial charge in [-0.1, -0.05) is 19.8 Å². The number of aliphatic hydroxyl groups excluding tert-OH is 1. The normalized spacial score (nSPS) is 13.9. The molecule has 0 aromatic rings. The van der Waals surface area contributed by atoms with Crippen molar-refractivity contribution < 1.29 is 14.1 Å². The summed E-state index contributed by atoms with van der Waals surface area (Å²) in [5.74, 6) is 0. The average molecular weight is 167 g/mol. The van der Waals surface area contributed by atoms with Crippen LogP contribution in [0, 0.1) is 0 Å². The first-order chi connectivity index (χ1) is 5.16. The van der Waals surface area contributed by atoms with Crippen molar-refractivity contribution >= 4 is 0 Å². The molecule has 0 aliphatic rings. The van der Waals surface area contributed by atoms with Gasteiger partial charge in [0.1, 0.15) is 0 Å². The van der Waals surface area contributed by atoms with Gasteiger partial charge in [0, 0.05) is 5.34 Å². The van der Waals surface area contributed by atoms with E-state index in [1.165, 1.54) is 0 Å². The molecule has 1 N–H and O–H groups in total. The Morgan fingerprint density at radius 1 is 1.36 bits per heavy atom. The summed E-state index contributed by atoms with van der Waals surface area (Å²) in [6.07, 6.45) is 2.12. The summed E-state index contributed by atoms with van der Waals surface area (Å²) in [6.45, 7) is 1.66. The van der Waals surface area contributed by atoms with Crippen molar-refractivity contribution in [3.05, 3.63) is 0 Å². The molecule has 0 saturated heterocycles. The molecular weight excluding hydrogens is 152 g/mol. The van der Waals surface area contributed by atoms with E-state index in [2.05, 4.69) is 0 Å². The zero-order valence-corrected chi connectivity index (χ0v) is 6.76. The smallest absolute Gasteiger partial charge is 0.0644 e. The van der Waals surface area contributed by atoms with Gasteiger partial charge in [-0.3, -0.25) is 0 Å². The molecule has 11 heavy (non-hydrogen) atoms. The minimum Gasteiger partial charge on any atom is -0.393 e. The Kier molecular flexibility index (Phi) is 6.36. The van der Waals surface area contributed by atoms with Crippen molar-refractivity contribution in [2.24, 2.45) is 0 Å². The van der Waals surface area contributed by atoms with Crippen molar-refractivity contribution in [2.45, 2.75) is 38.7 Å². The van der Waals surface area contributed by atoms with Crippen molar-refractivity contribution in [2.75, 3.05) is 6.54 Å². The van der Waals surface area contributed by atoms with E-state index >= 15 is 0 Å². The lowest BCUT2D eigenvalue weighted by Gasteiger charge is -2.08. The fourth-order valence-electron chi connectivity index (χ4n) is 0.831. The number of hydrogen-bond acceptors (Lipinski definition) is 2. The highest BCUT2D eigenvalue weighted by Gasteiger charge is 2.06. The van der Waals surface area contributed by atoms with Crippen LogP contribution in [-0.4, -0.2) is 23.1 Å². The van der Waals surface area contributed by atoms with E-state index < -0.39 is 11.4 Å². The van der Waals surface area contributed by atoms with E-state index in [0.29, 0.717) is 6.42 Å². The molecule has 0 spiro atoms. The molecule has 0 aliphatic carbocycles. The molecule has 0 bridgehead atoms. The quantitative estimate of drug-likeness (QED) is 0.611. The second kappa shape index (κ2) is 6.49. The molecule has 0 heterocycles. The predicted octanol–water partition coefficient (Wildman–Crippen LogP) is 2.00. The van der Waals surface area contributed by atoms with Gasteiger partial charge in [-0.05, 0) is 12.8 Å². The fourth-order valence-corrected chi connectivity index (χ4v) is 0.831. The Labute approximate surface area is 65.7 Å². The summed E-state index contributed by atoms with van der Waals surface area (Å²) in [5.41, 5.74) is 0. The van der Waals surface area contributed by atoms with Crippen LogP contribution in [0.2, 0.25) is 0 Å². The summed E-state index contributed by atoms with van der Waals surface area (Å²) in [6, 6.07) is 0. The first kappa shape index (κ1) is 10.8. The molecule has 4 heteroatoms. The molecule has 0 aliphatic heterocycles. The van der Waals surface area contributed by atoms with Gasteiger partial charge in [-0.15, -0.1) is 8.96 Å². The van der Waals surface area contributed by atoms with E-state index in [9.17, 15) is 8.96 Å². The van der Waals surface area contributed by atoms with Crippen LogP contribution in [0.5, 0.6) is 0 Å². The third-order valence-corrected chi connectivity index (χ3v) is 1.52. The lowest BCUT2D eigenvalue weighted by atomic mass is 10.1. The summed E-state index contributed by atoms with van der Waals surface area (Å²) in [4.78, 5) is 0. The fraction of sp³-hybridized carbons (Fsp3) is 1.00.